The molecule has 1 fully saturated rings. The lowest BCUT2D eigenvalue weighted by Gasteiger charge is -2.21. The second kappa shape index (κ2) is 10.5. The van der Waals surface area contributed by atoms with E-state index >= 15 is 0 Å². The minimum atomic E-state index is -0.690. The van der Waals surface area contributed by atoms with Gasteiger partial charge in [-0.2, -0.15) is 11.8 Å². The summed E-state index contributed by atoms with van der Waals surface area (Å²) in [7, 11) is 0. The molecule has 0 heterocycles. The molecule has 0 saturated heterocycles. The van der Waals surface area contributed by atoms with Gasteiger partial charge in [0.25, 0.3) is 0 Å². The van der Waals surface area contributed by atoms with Gasteiger partial charge in [0.15, 0.2) is 5.75 Å². The third-order valence-corrected chi connectivity index (χ3v) is 5.44. The number of nitro benzene ring substituents is 1. The van der Waals surface area contributed by atoms with Gasteiger partial charge in [-0.15, -0.1) is 0 Å². The largest absolute Gasteiger partial charge is 0.484 e. The van der Waals surface area contributed by atoms with E-state index in [1.165, 1.54) is 38.2 Å². The molecule has 0 radical (unpaired) electrons. The number of rotatable bonds is 10. The molecule has 6 nitrogen and oxygen atoms in total. The molecule has 7 heteroatoms. The Morgan fingerprint density at radius 3 is 2.83 bits per heavy atom. The van der Waals surface area contributed by atoms with Crippen molar-refractivity contribution in [1.82, 2.24) is 5.32 Å². The molecule has 0 aliphatic heterocycles. The molecule has 1 unspecified atom stereocenters. The molecule has 2 N–H and O–H groups in total. The number of nitrogens with zero attached hydrogens (tertiary/aromatic N) is 1. The summed E-state index contributed by atoms with van der Waals surface area (Å²) in [5.74, 6) is 1.23. The summed E-state index contributed by atoms with van der Waals surface area (Å²) in [5.41, 5.74) is -0.0819. The van der Waals surface area contributed by atoms with Crippen LogP contribution >= 0.6 is 11.8 Å². The molecule has 1 aliphatic rings. The van der Waals surface area contributed by atoms with Gasteiger partial charge in [0.05, 0.1) is 4.92 Å². The number of hydrogen-bond acceptors (Lipinski definition) is 6. The first-order valence-electron chi connectivity index (χ1n) is 8.53. The predicted octanol–water partition coefficient (Wildman–Crippen LogP) is 2.99. The van der Waals surface area contributed by atoms with E-state index in [4.69, 9.17) is 4.74 Å². The Morgan fingerprint density at radius 1 is 1.33 bits per heavy atom. The van der Waals surface area contributed by atoms with Crippen molar-refractivity contribution >= 4 is 17.4 Å². The van der Waals surface area contributed by atoms with Crippen molar-refractivity contribution in [1.29, 1.82) is 0 Å². The second-order valence-electron chi connectivity index (χ2n) is 6.02. The van der Waals surface area contributed by atoms with Crippen LogP contribution in [0.1, 0.15) is 32.1 Å². The third-order valence-electron chi connectivity index (χ3n) is 4.06. The van der Waals surface area contributed by atoms with Crippen LogP contribution in [-0.4, -0.2) is 46.8 Å². The van der Waals surface area contributed by atoms with Crippen molar-refractivity contribution < 1.29 is 14.8 Å². The van der Waals surface area contributed by atoms with Crippen LogP contribution in [0.15, 0.2) is 24.3 Å². The molecule has 2 rings (SSSR count). The van der Waals surface area contributed by atoms with Gasteiger partial charge >= 0.3 is 5.69 Å². The van der Waals surface area contributed by atoms with Crippen LogP contribution in [0.4, 0.5) is 5.69 Å². The van der Waals surface area contributed by atoms with Gasteiger partial charge in [0.1, 0.15) is 12.7 Å². The molecular weight excluding hydrogens is 328 g/mol. The summed E-state index contributed by atoms with van der Waals surface area (Å²) in [6.45, 7) is 1.31. The first kappa shape index (κ1) is 19.0. The fourth-order valence-electron chi connectivity index (χ4n) is 2.77. The normalized spacial score (nSPS) is 16.7. The first-order valence-corrected chi connectivity index (χ1v) is 9.58. The lowest BCUT2D eigenvalue weighted by Crippen LogP contribution is -2.33. The monoisotopic (exact) mass is 354 g/mol. The summed E-state index contributed by atoms with van der Waals surface area (Å²) < 4.78 is 5.38. The van der Waals surface area contributed by atoms with Crippen LogP contribution in [0, 0.1) is 10.1 Å². The highest BCUT2D eigenvalue weighted by atomic mass is 32.2. The van der Waals surface area contributed by atoms with Crippen molar-refractivity contribution in [2.24, 2.45) is 0 Å². The number of nitro groups is 1. The summed E-state index contributed by atoms with van der Waals surface area (Å²) in [4.78, 5) is 10.4. The Kier molecular flexibility index (Phi) is 8.35. The van der Waals surface area contributed by atoms with Crippen molar-refractivity contribution in [3.05, 3.63) is 34.4 Å². The van der Waals surface area contributed by atoms with Gasteiger partial charge < -0.3 is 15.2 Å². The number of aliphatic hydroxyl groups excluding tert-OH is 1. The number of hydrogen-bond donors (Lipinski definition) is 2. The van der Waals surface area contributed by atoms with E-state index in [2.05, 4.69) is 5.32 Å². The zero-order valence-electron chi connectivity index (χ0n) is 13.9. The first-order chi connectivity index (χ1) is 11.7. The maximum absolute atomic E-state index is 10.9. The van der Waals surface area contributed by atoms with Crippen molar-refractivity contribution in [3.63, 3.8) is 0 Å². The van der Waals surface area contributed by atoms with Crippen LogP contribution in [0.2, 0.25) is 0 Å². The Morgan fingerprint density at radius 2 is 2.08 bits per heavy atom. The van der Waals surface area contributed by atoms with Crippen LogP contribution in [-0.2, 0) is 0 Å². The van der Waals surface area contributed by atoms with Crippen LogP contribution in [0.25, 0.3) is 0 Å². The quantitative estimate of drug-likeness (QED) is 0.382. The maximum Gasteiger partial charge on any atom is 0.310 e. The van der Waals surface area contributed by atoms with E-state index in [1.807, 2.05) is 11.8 Å². The lowest BCUT2D eigenvalue weighted by atomic mass is 10.0. The van der Waals surface area contributed by atoms with Gasteiger partial charge in [0.2, 0.25) is 0 Å². The molecule has 0 bridgehead atoms. The van der Waals surface area contributed by atoms with Gasteiger partial charge in [-0.3, -0.25) is 10.1 Å². The number of thioether (sulfide) groups is 1. The van der Waals surface area contributed by atoms with Crippen molar-refractivity contribution in [2.75, 3.05) is 25.4 Å². The highest BCUT2D eigenvalue weighted by Crippen LogP contribution is 2.28. The highest BCUT2D eigenvalue weighted by Gasteiger charge is 2.15. The van der Waals surface area contributed by atoms with E-state index < -0.39 is 11.0 Å². The molecule has 0 amide bonds. The van der Waals surface area contributed by atoms with Crippen LogP contribution < -0.4 is 10.1 Å². The lowest BCUT2D eigenvalue weighted by molar-refractivity contribution is -0.385. The average Bonchev–Trinajstić information content (AvgIpc) is 2.60. The van der Waals surface area contributed by atoms with Crippen molar-refractivity contribution in [2.45, 2.75) is 43.5 Å². The van der Waals surface area contributed by atoms with E-state index in [1.54, 1.807) is 18.2 Å². The molecule has 1 aromatic carbocycles. The number of ether oxygens (including phenoxy) is 1. The Balaban J connectivity index is 1.58. The summed E-state index contributed by atoms with van der Waals surface area (Å²) in [6.07, 6.45) is 6.05. The Bertz CT molecular complexity index is 509. The Hall–Kier alpha value is -1.31. The molecular formula is C17H26N2O4S. The molecule has 24 heavy (non-hydrogen) atoms. The van der Waals surface area contributed by atoms with Crippen molar-refractivity contribution in [3.8, 4) is 5.75 Å². The number of nitrogens with one attached hydrogen (secondary N) is 1. The topological polar surface area (TPSA) is 84.6 Å². The van der Waals surface area contributed by atoms with E-state index in [0.29, 0.717) is 6.54 Å². The van der Waals surface area contributed by atoms with Gasteiger partial charge in [-0.1, -0.05) is 31.4 Å². The molecule has 0 spiro atoms. The second-order valence-corrected chi connectivity index (χ2v) is 7.43. The zero-order valence-corrected chi connectivity index (χ0v) is 14.7. The van der Waals surface area contributed by atoms with Crippen LogP contribution in [0.5, 0.6) is 5.75 Å². The summed E-state index contributed by atoms with van der Waals surface area (Å²) >= 11 is 2.01. The minimum absolute atomic E-state index is 0.0353. The molecule has 0 aromatic heterocycles. The molecule has 1 aliphatic carbocycles. The van der Waals surface area contributed by atoms with Gasteiger partial charge in [-0.05, 0) is 18.9 Å². The third kappa shape index (κ3) is 6.67. The number of aliphatic hydroxyl groups is 1. The SMILES string of the molecule is O=[N+]([O-])c1ccccc1OCC(O)CNCCSC1CCCCC1. The predicted molar refractivity (Wildman–Crippen MR) is 96.8 cm³/mol. The zero-order chi connectivity index (χ0) is 17.2. The smallest absolute Gasteiger partial charge is 0.310 e. The minimum Gasteiger partial charge on any atom is -0.484 e. The van der Waals surface area contributed by atoms with E-state index in [9.17, 15) is 15.2 Å². The summed E-state index contributed by atoms with van der Waals surface area (Å²) in [6, 6.07) is 6.20. The fraction of sp³-hybridized carbons (Fsp3) is 0.647. The average molecular weight is 354 g/mol. The van der Waals surface area contributed by atoms with E-state index in [-0.39, 0.29) is 18.0 Å². The molecule has 1 saturated carbocycles. The molecule has 1 aromatic rings. The van der Waals surface area contributed by atoms with Crippen LogP contribution in [0.3, 0.4) is 0 Å². The Labute approximate surface area is 147 Å². The maximum atomic E-state index is 10.9. The summed E-state index contributed by atoms with van der Waals surface area (Å²) in [5, 5.41) is 24.8. The number of benzene rings is 1. The number of para-hydroxylation sites is 2. The van der Waals surface area contributed by atoms with Gasteiger partial charge in [-0.25, -0.2) is 0 Å². The molecule has 1 atom stereocenters. The van der Waals surface area contributed by atoms with E-state index in [0.717, 1.165) is 17.5 Å². The highest BCUT2D eigenvalue weighted by molar-refractivity contribution is 7.99. The van der Waals surface area contributed by atoms with Gasteiger partial charge in [0, 0.05) is 30.2 Å². The fourth-order valence-corrected chi connectivity index (χ4v) is 4.04. The standard InChI is InChI=1S/C17H26N2O4S/c20-14(12-18-10-11-24-15-6-2-1-3-7-15)13-23-17-9-5-4-8-16(17)19(21)22/h4-5,8-9,14-15,18,20H,1-3,6-7,10-13H2. The molecule has 134 valence electrons.